The molecule has 1 aromatic heterocycles. The van der Waals surface area contributed by atoms with Gasteiger partial charge in [-0.25, -0.2) is 0 Å². The summed E-state index contributed by atoms with van der Waals surface area (Å²) < 4.78 is 0. The van der Waals surface area contributed by atoms with Crippen molar-refractivity contribution in [2.75, 3.05) is 11.4 Å². The van der Waals surface area contributed by atoms with Crippen LogP contribution in [0.1, 0.15) is 71.9 Å². The van der Waals surface area contributed by atoms with Gasteiger partial charge in [0.15, 0.2) is 0 Å². The summed E-state index contributed by atoms with van der Waals surface area (Å²) in [5.41, 5.74) is 2.73. The predicted octanol–water partition coefficient (Wildman–Crippen LogP) is 4.51. The number of nitrogens with zero attached hydrogens (tertiary/aromatic N) is 2. The third-order valence-corrected chi connectivity index (χ3v) is 5.30. The first kappa shape index (κ1) is 20.1. The van der Waals surface area contributed by atoms with Gasteiger partial charge in [-0.3, -0.25) is 14.6 Å². The Morgan fingerprint density at radius 3 is 2.54 bits per heavy atom. The van der Waals surface area contributed by atoms with E-state index in [-0.39, 0.29) is 17.9 Å². The van der Waals surface area contributed by atoms with Crippen LogP contribution in [0.3, 0.4) is 0 Å². The second kappa shape index (κ2) is 9.49. The number of amides is 2. The van der Waals surface area contributed by atoms with E-state index in [1.165, 1.54) is 12.8 Å². The minimum atomic E-state index is -0.194. The van der Waals surface area contributed by atoms with Crippen LogP contribution in [0, 0.1) is 6.92 Å². The number of benzene rings is 1. The summed E-state index contributed by atoms with van der Waals surface area (Å²) >= 11 is 0. The molecule has 0 aliphatic heterocycles. The zero-order valence-corrected chi connectivity index (χ0v) is 16.8. The maximum atomic E-state index is 13.1. The summed E-state index contributed by atoms with van der Waals surface area (Å²) in [6.07, 6.45) is 8.35. The average Bonchev–Trinajstić information content (AvgIpc) is 2.97. The highest BCUT2D eigenvalue weighted by Gasteiger charge is 2.20. The Morgan fingerprint density at radius 2 is 1.86 bits per heavy atom. The Balaban J connectivity index is 1.75. The molecule has 1 saturated carbocycles. The Kier molecular flexibility index (Phi) is 6.80. The zero-order valence-electron chi connectivity index (χ0n) is 16.8. The van der Waals surface area contributed by atoms with Crippen LogP contribution in [0.5, 0.6) is 0 Å². The van der Waals surface area contributed by atoms with Gasteiger partial charge in [-0.05, 0) is 56.5 Å². The third kappa shape index (κ3) is 4.97. The molecule has 5 nitrogen and oxygen atoms in total. The fraction of sp³-hybridized carbons (Fsp3) is 0.435. The summed E-state index contributed by atoms with van der Waals surface area (Å²) in [7, 11) is 0. The number of pyridine rings is 1. The second-order valence-electron chi connectivity index (χ2n) is 7.48. The Labute approximate surface area is 167 Å². The van der Waals surface area contributed by atoms with Crippen molar-refractivity contribution in [2.45, 2.75) is 58.4 Å². The lowest BCUT2D eigenvalue weighted by molar-refractivity contribution is 0.0928. The first-order valence-corrected chi connectivity index (χ1v) is 10.2. The van der Waals surface area contributed by atoms with Crippen molar-refractivity contribution in [3.8, 4) is 0 Å². The molecule has 5 heteroatoms. The van der Waals surface area contributed by atoms with Crippen LogP contribution in [-0.2, 0) is 0 Å². The Hall–Kier alpha value is -2.69. The van der Waals surface area contributed by atoms with E-state index in [4.69, 9.17) is 0 Å². The van der Waals surface area contributed by atoms with Crippen molar-refractivity contribution >= 4 is 17.5 Å². The number of rotatable bonds is 5. The average molecular weight is 380 g/mol. The SMILES string of the molecule is CCN(C(=O)c1ccnc(C(=O)NC2CCCCCC2)c1)c1cccc(C)c1. The van der Waals surface area contributed by atoms with Crippen LogP contribution in [0.25, 0.3) is 0 Å². The van der Waals surface area contributed by atoms with Crippen LogP contribution in [0.15, 0.2) is 42.6 Å². The molecule has 1 aliphatic carbocycles. The van der Waals surface area contributed by atoms with Gasteiger partial charge in [-0.15, -0.1) is 0 Å². The predicted molar refractivity (Wildman–Crippen MR) is 112 cm³/mol. The molecule has 148 valence electrons. The highest BCUT2D eigenvalue weighted by atomic mass is 16.2. The highest BCUT2D eigenvalue weighted by molar-refractivity contribution is 6.07. The molecule has 3 rings (SSSR count). The maximum Gasteiger partial charge on any atom is 0.270 e. The lowest BCUT2D eigenvalue weighted by Crippen LogP contribution is -2.35. The molecule has 1 heterocycles. The number of hydrogen-bond donors (Lipinski definition) is 1. The minimum absolute atomic E-state index is 0.126. The summed E-state index contributed by atoms with van der Waals surface area (Å²) in [5, 5.41) is 3.10. The van der Waals surface area contributed by atoms with E-state index >= 15 is 0 Å². The molecule has 0 spiro atoms. The summed E-state index contributed by atoms with van der Waals surface area (Å²) in [6.45, 7) is 4.50. The molecule has 1 N–H and O–H groups in total. The number of anilines is 1. The highest BCUT2D eigenvalue weighted by Crippen LogP contribution is 2.20. The first-order valence-electron chi connectivity index (χ1n) is 10.2. The van der Waals surface area contributed by atoms with Gasteiger partial charge in [0, 0.05) is 30.0 Å². The Bertz CT molecular complexity index is 826. The maximum absolute atomic E-state index is 13.1. The number of hydrogen-bond acceptors (Lipinski definition) is 3. The van der Waals surface area contributed by atoms with Gasteiger partial charge in [-0.2, -0.15) is 0 Å². The first-order chi connectivity index (χ1) is 13.6. The lowest BCUT2D eigenvalue weighted by atomic mass is 10.1. The van der Waals surface area contributed by atoms with Gasteiger partial charge in [-0.1, -0.05) is 37.8 Å². The van der Waals surface area contributed by atoms with Crippen LogP contribution in [0.4, 0.5) is 5.69 Å². The van der Waals surface area contributed by atoms with Gasteiger partial charge in [0.1, 0.15) is 5.69 Å². The van der Waals surface area contributed by atoms with Crippen LogP contribution < -0.4 is 10.2 Å². The molecule has 0 atom stereocenters. The molecule has 1 aromatic carbocycles. The van der Waals surface area contributed by atoms with Crippen molar-refractivity contribution in [1.82, 2.24) is 10.3 Å². The van der Waals surface area contributed by atoms with Gasteiger partial charge >= 0.3 is 0 Å². The minimum Gasteiger partial charge on any atom is -0.348 e. The topological polar surface area (TPSA) is 62.3 Å². The molecule has 0 saturated heterocycles. The van der Waals surface area contributed by atoms with Crippen molar-refractivity contribution in [3.05, 3.63) is 59.4 Å². The van der Waals surface area contributed by atoms with E-state index in [0.717, 1.165) is 36.9 Å². The van der Waals surface area contributed by atoms with Crippen molar-refractivity contribution < 1.29 is 9.59 Å². The standard InChI is InChI=1S/C23H29N3O2/c1-3-26(20-12-8-9-17(2)15-20)23(28)18-13-14-24-21(16-18)22(27)25-19-10-6-4-5-7-11-19/h8-9,12-16,19H,3-7,10-11H2,1-2H3,(H,25,27). The summed E-state index contributed by atoms with van der Waals surface area (Å²) in [4.78, 5) is 31.6. The van der Waals surface area contributed by atoms with E-state index < -0.39 is 0 Å². The monoisotopic (exact) mass is 379 g/mol. The van der Waals surface area contributed by atoms with E-state index in [0.29, 0.717) is 17.8 Å². The summed E-state index contributed by atoms with van der Waals surface area (Å²) in [6, 6.07) is 11.3. The fourth-order valence-corrected chi connectivity index (χ4v) is 3.77. The normalized spacial score (nSPS) is 14.9. The van der Waals surface area contributed by atoms with Gasteiger partial charge in [0.05, 0.1) is 0 Å². The van der Waals surface area contributed by atoms with E-state index in [1.807, 2.05) is 38.1 Å². The second-order valence-corrected chi connectivity index (χ2v) is 7.48. The van der Waals surface area contributed by atoms with Gasteiger partial charge < -0.3 is 10.2 Å². The van der Waals surface area contributed by atoms with Crippen LogP contribution >= 0.6 is 0 Å². The number of aromatic nitrogens is 1. The molecule has 0 radical (unpaired) electrons. The molecule has 2 aromatic rings. The molecule has 0 bridgehead atoms. The van der Waals surface area contributed by atoms with E-state index in [2.05, 4.69) is 10.3 Å². The molecule has 1 fully saturated rings. The number of aryl methyl sites for hydroxylation is 1. The smallest absolute Gasteiger partial charge is 0.270 e. The number of carbonyl (C=O) groups excluding carboxylic acids is 2. The van der Waals surface area contributed by atoms with Crippen molar-refractivity contribution in [1.29, 1.82) is 0 Å². The Morgan fingerprint density at radius 1 is 1.11 bits per heavy atom. The van der Waals surface area contributed by atoms with Crippen molar-refractivity contribution in [3.63, 3.8) is 0 Å². The van der Waals surface area contributed by atoms with Gasteiger partial charge in [0.2, 0.25) is 0 Å². The molecule has 0 unspecified atom stereocenters. The number of nitrogens with one attached hydrogen (secondary N) is 1. The van der Waals surface area contributed by atoms with Crippen LogP contribution in [0.2, 0.25) is 0 Å². The van der Waals surface area contributed by atoms with Crippen molar-refractivity contribution in [2.24, 2.45) is 0 Å². The molecule has 28 heavy (non-hydrogen) atoms. The summed E-state index contributed by atoms with van der Waals surface area (Å²) in [5.74, 6) is -0.320. The van der Waals surface area contributed by atoms with Gasteiger partial charge in [0.25, 0.3) is 11.8 Å². The third-order valence-electron chi connectivity index (χ3n) is 5.30. The quantitative estimate of drug-likeness (QED) is 0.778. The fourth-order valence-electron chi connectivity index (χ4n) is 3.77. The van der Waals surface area contributed by atoms with E-state index in [1.54, 1.807) is 23.2 Å². The molecule has 2 amide bonds. The van der Waals surface area contributed by atoms with E-state index in [9.17, 15) is 9.59 Å². The lowest BCUT2D eigenvalue weighted by Gasteiger charge is -2.22. The zero-order chi connectivity index (χ0) is 19.9. The largest absolute Gasteiger partial charge is 0.348 e. The molecular formula is C23H29N3O2. The molecular weight excluding hydrogens is 350 g/mol. The number of carbonyl (C=O) groups is 2. The van der Waals surface area contributed by atoms with Crippen LogP contribution in [-0.4, -0.2) is 29.4 Å². The molecule has 1 aliphatic rings.